The molecular formula is C22H25N3O3. The molecule has 1 aromatic heterocycles. The molecule has 0 spiro atoms. The van der Waals surface area contributed by atoms with Crippen molar-refractivity contribution < 1.29 is 14.3 Å². The zero-order valence-electron chi connectivity index (χ0n) is 16.4. The number of nitrogens with one attached hydrogen (secondary N) is 1. The molecule has 28 heavy (non-hydrogen) atoms. The van der Waals surface area contributed by atoms with Gasteiger partial charge in [0.25, 0.3) is 5.91 Å². The molecule has 1 amide bonds. The molecule has 0 saturated heterocycles. The number of hydrogen-bond donors (Lipinski definition) is 1. The highest BCUT2D eigenvalue weighted by molar-refractivity contribution is 5.95. The average molecular weight is 379 g/mol. The first-order valence-corrected chi connectivity index (χ1v) is 9.30. The van der Waals surface area contributed by atoms with Gasteiger partial charge < -0.3 is 19.4 Å². The maximum absolute atomic E-state index is 12.5. The van der Waals surface area contributed by atoms with Crippen LogP contribution >= 0.6 is 0 Å². The Labute approximate surface area is 165 Å². The molecule has 6 heteroatoms. The monoisotopic (exact) mass is 379 g/mol. The number of hydrogen-bond acceptors (Lipinski definition) is 4. The van der Waals surface area contributed by atoms with Crippen molar-refractivity contribution in [1.29, 1.82) is 0 Å². The quantitative estimate of drug-likeness (QED) is 0.650. The van der Waals surface area contributed by atoms with E-state index in [1.54, 1.807) is 25.6 Å². The summed E-state index contributed by atoms with van der Waals surface area (Å²) in [5.74, 6) is 1.34. The molecule has 1 N–H and O–H groups in total. The van der Waals surface area contributed by atoms with Crippen LogP contribution in [-0.2, 0) is 6.42 Å². The molecule has 0 aliphatic rings. The lowest BCUT2D eigenvalue weighted by atomic mass is 10.1. The van der Waals surface area contributed by atoms with Crippen LogP contribution in [0, 0.1) is 6.92 Å². The molecule has 6 nitrogen and oxygen atoms in total. The number of nitrogens with zero attached hydrogens (tertiary/aromatic N) is 2. The van der Waals surface area contributed by atoms with E-state index in [1.165, 1.54) is 0 Å². The van der Waals surface area contributed by atoms with Crippen molar-refractivity contribution in [3.05, 3.63) is 71.8 Å². The highest BCUT2D eigenvalue weighted by atomic mass is 16.5. The zero-order valence-corrected chi connectivity index (χ0v) is 16.4. The number of carbonyl (C=O) groups excluding carboxylic acids is 1. The maximum atomic E-state index is 12.5. The van der Waals surface area contributed by atoms with Crippen molar-refractivity contribution in [2.45, 2.75) is 20.3 Å². The van der Waals surface area contributed by atoms with Gasteiger partial charge in [-0.2, -0.15) is 0 Å². The fourth-order valence-electron chi connectivity index (χ4n) is 3.00. The Bertz CT molecular complexity index is 950. The van der Waals surface area contributed by atoms with Gasteiger partial charge in [-0.25, -0.2) is 4.98 Å². The number of imidazole rings is 1. The molecule has 0 aliphatic carbocycles. The van der Waals surface area contributed by atoms with Gasteiger partial charge in [-0.05, 0) is 50.1 Å². The van der Waals surface area contributed by atoms with Crippen molar-refractivity contribution in [3.8, 4) is 17.2 Å². The molecule has 0 atom stereocenters. The van der Waals surface area contributed by atoms with E-state index in [4.69, 9.17) is 9.47 Å². The maximum Gasteiger partial charge on any atom is 0.251 e. The molecule has 146 valence electrons. The molecule has 0 aliphatic heterocycles. The van der Waals surface area contributed by atoms with Gasteiger partial charge in [0, 0.05) is 18.3 Å². The largest absolute Gasteiger partial charge is 0.495 e. The minimum absolute atomic E-state index is 0.138. The number of para-hydroxylation sites is 1. The van der Waals surface area contributed by atoms with Gasteiger partial charge in [-0.3, -0.25) is 4.79 Å². The Morgan fingerprint density at radius 3 is 2.71 bits per heavy atom. The lowest BCUT2D eigenvalue weighted by Crippen LogP contribution is -2.25. The minimum atomic E-state index is -0.138. The van der Waals surface area contributed by atoms with Crippen LogP contribution in [0.1, 0.15) is 28.5 Å². The van der Waals surface area contributed by atoms with Crippen LogP contribution in [0.4, 0.5) is 0 Å². The molecule has 1 heterocycles. The van der Waals surface area contributed by atoms with E-state index in [0.717, 1.165) is 22.7 Å². The number of ether oxygens (including phenoxy) is 2. The van der Waals surface area contributed by atoms with Crippen LogP contribution in [0.5, 0.6) is 11.5 Å². The third-order valence-electron chi connectivity index (χ3n) is 4.38. The van der Waals surface area contributed by atoms with E-state index in [9.17, 15) is 4.79 Å². The number of amides is 1. The van der Waals surface area contributed by atoms with Crippen LogP contribution in [-0.4, -0.2) is 35.7 Å². The van der Waals surface area contributed by atoms with Crippen molar-refractivity contribution in [2.75, 3.05) is 20.3 Å². The second kappa shape index (κ2) is 9.08. The van der Waals surface area contributed by atoms with Crippen LogP contribution in [0.25, 0.3) is 5.69 Å². The second-order valence-corrected chi connectivity index (χ2v) is 6.36. The summed E-state index contributed by atoms with van der Waals surface area (Å²) in [5.41, 5.74) is 3.38. The van der Waals surface area contributed by atoms with Crippen LogP contribution in [0.3, 0.4) is 0 Å². The van der Waals surface area contributed by atoms with Crippen LogP contribution in [0.2, 0.25) is 0 Å². The predicted octanol–water partition coefficient (Wildman–Crippen LogP) is 3.56. The van der Waals surface area contributed by atoms with E-state index in [0.29, 0.717) is 30.9 Å². The Morgan fingerprint density at radius 1 is 1.18 bits per heavy atom. The zero-order chi connectivity index (χ0) is 19.9. The van der Waals surface area contributed by atoms with Gasteiger partial charge in [0.15, 0.2) is 0 Å². The van der Waals surface area contributed by atoms with E-state index in [2.05, 4.69) is 10.3 Å². The summed E-state index contributed by atoms with van der Waals surface area (Å²) >= 11 is 0. The first-order chi connectivity index (χ1) is 13.6. The van der Waals surface area contributed by atoms with Crippen LogP contribution < -0.4 is 14.8 Å². The summed E-state index contributed by atoms with van der Waals surface area (Å²) in [4.78, 5) is 16.8. The smallest absolute Gasteiger partial charge is 0.251 e. The summed E-state index contributed by atoms with van der Waals surface area (Å²) in [5, 5.41) is 2.96. The standard InChI is InChI=1S/C22H25N3O3/c1-4-28-20-8-6-5-7-17(20)11-12-23-22(26)18-9-10-19(21(13-18)27-3)25-14-16(2)24-15-25/h5-10,13-15H,4,11-12H2,1-3H3,(H,23,26). The Kier molecular flexibility index (Phi) is 6.32. The predicted molar refractivity (Wildman–Crippen MR) is 109 cm³/mol. The summed E-state index contributed by atoms with van der Waals surface area (Å²) in [6.45, 7) is 5.02. The van der Waals surface area contributed by atoms with E-state index >= 15 is 0 Å². The van der Waals surface area contributed by atoms with Crippen molar-refractivity contribution in [3.63, 3.8) is 0 Å². The number of benzene rings is 2. The molecule has 0 fully saturated rings. The number of methoxy groups -OCH3 is 1. The first kappa shape index (κ1) is 19.5. The van der Waals surface area contributed by atoms with Gasteiger partial charge in [-0.15, -0.1) is 0 Å². The Hall–Kier alpha value is -3.28. The van der Waals surface area contributed by atoms with E-state index < -0.39 is 0 Å². The molecule has 0 saturated carbocycles. The first-order valence-electron chi connectivity index (χ1n) is 9.30. The van der Waals surface area contributed by atoms with Crippen LogP contribution in [0.15, 0.2) is 55.0 Å². The minimum Gasteiger partial charge on any atom is -0.495 e. The van der Waals surface area contributed by atoms with E-state index in [-0.39, 0.29) is 5.91 Å². The van der Waals surface area contributed by atoms with Gasteiger partial charge in [-0.1, -0.05) is 18.2 Å². The molecule has 3 rings (SSSR count). The number of rotatable bonds is 8. The summed E-state index contributed by atoms with van der Waals surface area (Å²) in [7, 11) is 1.59. The Morgan fingerprint density at radius 2 is 2.00 bits per heavy atom. The summed E-state index contributed by atoms with van der Waals surface area (Å²) < 4.78 is 13.0. The highest BCUT2D eigenvalue weighted by Crippen LogP contribution is 2.24. The SMILES string of the molecule is CCOc1ccccc1CCNC(=O)c1ccc(-n2cnc(C)c2)c(OC)c1. The van der Waals surface area contributed by atoms with Gasteiger partial charge in [0.2, 0.25) is 0 Å². The van der Waals surface area contributed by atoms with Crippen molar-refractivity contribution in [1.82, 2.24) is 14.9 Å². The van der Waals surface area contributed by atoms with Gasteiger partial charge in [0.05, 0.1) is 31.4 Å². The highest BCUT2D eigenvalue weighted by Gasteiger charge is 2.12. The van der Waals surface area contributed by atoms with E-state index in [1.807, 2.05) is 54.9 Å². The van der Waals surface area contributed by atoms with Gasteiger partial charge >= 0.3 is 0 Å². The summed E-state index contributed by atoms with van der Waals surface area (Å²) in [6, 6.07) is 13.3. The average Bonchev–Trinajstić information content (AvgIpc) is 3.15. The molecular weight excluding hydrogens is 354 g/mol. The summed E-state index contributed by atoms with van der Waals surface area (Å²) in [6.07, 6.45) is 4.33. The Balaban J connectivity index is 1.66. The fraction of sp³-hybridized carbons (Fsp3) is 0.273. The van der Waals surface area contributed by atoms with Crippen molar-refractivity contribution >= 4 is 5.91 Å². The molecule has 2 aromatic carbocycles. The fourth-order valence-corrected chi connectivity index (χ4v) is 3.00. The number of aromatic nitrogens is 2. The molecule has 0 unspecified atom stereocenters. The lowest BCUT2D eigenvalue weighted by Gasteiger charge is -2.12. The van der Waals surface area contributed by atoms with Crippen molar-refractivity contribution in [2.24, 2.45) is 0 Å². The molecule has 0 bridgehead atoms. The third-order valence-corrected chi connectivity index (χ3v) is 4.38. The van der Waals surface area contributed by atoms with Gasteiger partial charge in [0.1, 0.15) is 11.5 Å². The topological polar surface area (TPSA) is 65.4 Å². The number of carbonyl (C=O) groups is 1. The number of aryl methyl sites for hydroxylation is 1. The lowest BCUT2D eigenvalue weighted by molar-refractivity contribution is 0.0953. The normalized spacial score (nSPS) is 10.5. The third kappa shape index (κ3) is 4.52. The molecule has 3 aromatic rings. The molecule has 0 radical (unpaired) electrons. The second-order valence-electron chi connectivity index (χ2n) is 6.36.